The highest BCUT2D eigenvalue weighted by molar-refractivity contribution is 6.08. The van der Waals surface area contributed by atoms with Gasteiger partial charge in [0.15, 0.2) is 5.78 Å². The van der Waals surface area contributed by atoms with Crippen molar-refractivity contribution in [3.8, 4) is 0 Å². The van der Waals surface area contributed by atoms with Crippen LogP contribution in [0.2, 0.25) is 0 Å². The first kappa shape index (κ1) is 18.9. The molecule has 0 spiro atoms. The minimum absolute atomic E-state index is 0.0184. The molecule has 0 aliphatic heterocycles. The van der Waals surface area contributed by atoms with Crippen molar-refractivity contribution in [2.24, 2.45) is 0 Å². The van der Waals surface area contributed by atoms with Crippen LogP contribution in [0.15, 0.2) is 59.5 Å². The number of halogens is 1. The molecule has 154 valence electrons. The molecule has 3 heterocycles. The summed E-state index contributed by atoms with van der Waals surface area (Å²) in [6.07, 6.45) is 1.67. The number of hydrogen-bond donors (Lipinski definition) is 1. The van der Waals surface area contributed by atoms with Crippen LogP contribution in [0.5, 0.6) is 0 Å². The Morgan fingerprint density at radius 2 is 1.90 bits per heavy atom. The number of aromatic amines is 1. The van der Waals surface area contributed by atoms with E-state index in [1.165, 1.54) is 28.9 Å². The molecule has 0 amide bonds. The summed E-state index contributed by atoms with van der Waals surface area (Å²) in [6, 6.07) is 13.1. The van der Waals surface area contributed by atoms with Crippen LogP contribution in [-0.4, -0.2) is 35.5 Å². The molecule has 0 bridgehead atoms. The second-order valence-corrected chi connectivity index (χ2v) is 7.30. The van der Waals surface area contributed by atoms with Gasteiger partial charge in [-0.2, -0.15) is 5.10 Å². The van der Waals surface area contributed by atoms with Crippen molar-refractivity contribution >= 4 is 27.6 Å². The van der Waals surface area contributed by atoms with Crippen molar-refractivity contribution in [2.75, 3.05) is 0 Å². The van der Waals surface area contributed by atoms with Crippen LogP contribution in [0.1, 0.15) is 21.7 Å². The molecule has 0 atom stereocenters. The fourth-order valence-corrected chi connectivity index (χ4v) is 3.84. The van der Waals surface area contributed by atoms with E-state index in [0.717, 1.165) is 22.0 Å². The summed E-state index contributed by atoms with van der Waals surface area (Å²) in [4.78, 5) is 25.0. The Morgan fingerprint density at radius 1 is 1.13 bits per heavy atom. The summed E-state index contributed by atoms with van der Waals surface area (Å²) in [5.74, 6) is -0.599. The van der Waals surface area contributed by atoms with E-state index in [1.54, 1.807) is 6.20 Å². The Kier molecular flexibility index (Phi) is 4.43. The maximum atomic E-state index is 13.1. The maximum absolute atomic E-state index is 13.1. The lowest BCUT2D eigenvalue weighted by atomic mass is 10.1. The van der Waals surface area contributed by atoms with Crippen LogP contribution in [0.3, 0.4) is 0 Å². The lowest BCUT2D eigenvalue weighted by molar-refractivity contribution is 0.0967. The number of nitrogens with zero attached hydrogens (tertiary/aromatic N) is 5. The summed E-state index contributed by atoms with van der Waals surface area (Å²) in [5, 5.41) is 16.6. The van der Waals surface area contributed by atoms with E-state index in [9.17, 15) is 14.0 Å². The molecule has 0 saturated heterocycles. The van der Waals surface area contributed by atoms with Crippen molar-refractivity contribution in [2.45, 2.75) is 20.0 Å². The summed E-state index contributed by atoms with van der Waals surface area (Å²) in [5.41, 5.74) is 2.86. The van der Waals surface area contributed by atoms with Gasteiger partial charge in [-0.05, 0) is 37.3 Å². The first-order valence-electron chi connectivity index (χ1n) is 9.65. The van der Waals surface area contributed by atoms with E-state index in [1.807, 2.05) is 35.8 Å². The molecule has 31 heavy (non-hydrogen) atoms. The molecule has 0 aliphatic rings. The molecule has 2 aromatic carbocycles. The van der Waals surface area contributed by atoms with Gasteiger partial charge in [-0.3, -0.25) is 9.59 Å². The molecule has 5 aromatic rings. The molecule has 0 aliphatic carbocycles. The minimum atomic E-state index is -0.397. The van der Waals surface area contributed by atoms with Crippen molar-refractivity contribution in [1.82, 2.24) is 29.8 Å². The third kappa shape index (κ3) is 3.29. The summed E-state index contributed by atoms with van der Waals surface area (Å²) < 4.78 is 16.4. The zero-order chi connectivity index (χ0) is 21.5. The van der Waals surface area contributed by atoms with Crippen LogP contribution in [0, 0.1) is 12.7 Å². The number of H-pyrrole nitrogens is 1. The number of Topliss-reactive ketones (excluding diaryl/α,β-unsaturated/α-hetero) is 1. The number of hydrogen-bond acceptors (Lipinski definition) is 5. The van der Waals surface area contributed by atoms with Gasteiger partial charge in [-0.1, -0.05) is 23.4 Å². The second-order valence-electron chi connectivity index (χ2n) is 7.30. The van der Waals surface area contributed by atoms with Gasteiger partial charge in [0.05, 0.1) is 18.4 Å². The Balaban J connectivity index is 1.49. The van der Waals surface area contributed by atoms with Gasteiger partial charge < -0.3 is 4.57 Å². The maximum Gasteiger partial charge on any atom is 0.288 e. The Bertz CT molecular complexity index is 1500. The van der Waals surface area contributed by atoms with Crippen molar-refractivity contribution in [1.29, 1.82) is 0 Å². The average molecular weight is 416 g/mol. The fourth-order valence-electron chi connectivity index (χ4n) is 3.84. The van der Waals surface area contributed by atoms with E-state index >= 15 is 0 Å². The number of ketones is 1. The smallest absolute Gasteiger partial charge is 0.288 e. The number of aryl methyl sites for hydroxylation is 1. The number of rotatable bonds is 5. The lowest BCUT2D eigenvalue weighted by Crippen LogP contribution is -2.14. The van der Waals surface area contributed by atoms with Crippen LogP contribution < -0.4 is 5.56 Å². The van der Waals surface area contributed by atoms with Gasteiger partial charge in [0.1, 0.15) is 23.6 Å². The molecule has 0 unspecified atom stereocenters. The van der Waals surface area contributed by atoms with Crippen LogP contribution in [0.4, 0.5) is 4.39 Å². The first-order valence-corrected chi connectivity index (χ1v) is 9.65. The molecule has 3 aromatic heterocycles. The summed E-state index contributed by atoms with van der Waals surface area (Å²) in [6.45, 7) is 2.14. The highest BCUT2D eigenvalue weighted by Gasteiger charge is 2.17. The summed E-state index contributed by atoms with van der Waals surface area (Å²) in [7, 11) is 0. The van der Waals surface area contributed by atoms with Gasteiger partial charge >= 0.3 is 0 Å². The van der Waals surface area contributed by atoms with E-state index in [4.69, 9.17) is 0 Å². The molecular weight excluding hydrogens is 399 g/mol. The molecule has 0 saturated carbocycles. The summed E-state index contributed by atoms with van der Waals surface area (Å²) >= 11 is 0. The van der Waals surface area contributed by atoms with Crippen molar-refractivity contribution in [3.63, 3.8) is 0 Å². The van der Waals surface area contributed by atoms with Crippen LogP contribution in [0.25, 0.3) is 21.8 Å². The standard InChI is InChI=1S/C22H17FN6O2/c1-13-20-17-4-2-3-5-18(17)29(21(20)22(31)26-24-13)11-16-10-28(27-25-16)12-19(30)14-6-8-15(23)9-7-14/h2-10H,11-12H2,1H3,(H,26,31). The number of benzene rings is 2. The third-order valence-electron chi connectivity index (χ3n) is 5.25. The quantitative estimate of drug-likeness (QED) is 0.444. The predicted octanol–water partition coefficient (Wildman–Crippen LogP) is 2.85. The monoisotopic (exact) mass is 416 g/mol. The second kappa shape index (κ2) is 7.28. The molecule has 0 radical (unpaired) electrons. The number of para-hydroxylation sites is 1. The highest BCUT2D eigenvalue weighted by Crippen LogP contribution is 2.28. The highest BCUT2D eigenvalue weighted by atomic mass is 19.1. The molecule has 1 N–H and O–H groups in total. The Labute approximate surface area is 174 Å². The van der Waals surface area contributed by atoms with Gasteiger partial charge in [-0.15, -0.1) is 5.10 Å². The Morgan fingerprint density at radius 3 is 2.71 bits per heavy atom. The third-order valence-corrected chi connectivity index (χ3v) is 5.25. The zero-order valence-corrected chi connectivity index (χ0v) is 16.5. The topological polar surface area (TPSA) is 98.5 Å². The predicted molar refractivity (Wildman–Crippen MR) is 112 cm³/mol. The van der Waals surface area contributed by atoms with E-state index in [0.29, 0.717) is 23.3 Å². The molecule has 0 fully saturated rings. The largest absolute Gasteiger partial charge is 0.330 e. The van der Waals surface area contributed by atoms with Crippen LogP contribution >= 0.6 is 0 Å². The average Bonchev–Trinajstić information content (AvgIpc) is 3.35. The number of fused-ring (bicyclic) bond motifs is 3. The van der Waals surface area contributed by atoms with Crippen molar-refractivity contribution < 1.29 is 9.18 Å². The SMILES string of the molecule is Cc1n[nH]c(=O)c2c1c1ccccc1n2Cc1cn(CC(=O)c2ccc(F)cc2)nn1. The first-order chi connectivity index (χ1) is 15.0. The molecular formula is C22H17FN6O2. The number of carbonyl (C=O) groups excluding carboxylic acids is 1. The number of aromatic nitrogens is 6. The number of nitrogens with one attached hydrogen (secondary N) is 1. The molecule has 8 nitrogen and oxygen atoms in total. The van der Waals surface area contributed by atoms with E-state index in [2.05, 4.69) is 20.5 Å². The van der Waals surface area contributed by atoms with Gasteiger partial charge in [0.25, 0.3) is 5.56 Å². The van der Waals surface area contributed by atoms with Gasteiger partial charge in [0, 0.05) is 21.9 Å². The van der Waals surface area contributed by atoms with E-state index < -0.39 is 5.82 Å². The molecule has 5 rings (SSSR count). The van der Waals surface area contributed by atoms with Crippen molar-refractivity contribution in [3.05, 3.63) is 87.9 Å². The Hall–Kier alpha value is -4.14. The lowest BCUT2D eigenvalue weighted by Gasteiger charge is -2.04. The normalized spacial score (nSPS) is 11.4. The number of carbonyl (C=O) groups is 1. The van der Waals surface area contributed by atoms with Crippen LogP contribution in [-0.2, 0) is 13.1 Å². The minimum Gasteiger partial charge on any atom is -0.330 e. The van der Waals surface area contributed by atoms with E-state index in [-0.39, 0.29) is 17.9 Å². The fraction of sp³-hybridized carbons (Fsp3) is 0.136. The van der Waals surface area contributed by atoms with Gasteiger partial charge in [-0.25, -0.2) is 14.2 Å². The van der Waals surface area contributed by atoms with Gasteiger partial charge in [0.2, 0.25) is 0 Å². The zero-order valence-electron chi connectivity index (χ0n) is 16.5. The molecule has 9 heteroatoms.